The van der Waals surface area contributed by atoms with Crippen LogP contribution in [-0.4, -0.2) is 199 Å². The van der Waals surface area contributed by atoms with Gasteiger partial charge in [-0.15, -0.1) is 64.3 Å². The Morgan fingerprint density at radius 3 is 0.898 bits per heavy atom. The number of hydrogen-bond acceptors (Lipinski definition) is 18. The summed E-state index contributed by atoms with van der Waals surface area (Å²) in [6.07, 6.45) is -8.72. The van der Waals surface area contributed by atoms with Crippen molar-refractivity contribution in [3.05, 3.63) is 72.8 Å². The van der Waals surface area contributed by atoms with Crippen molar-refractivity contribution in [3.63, 3.8) is 0 Å². The van der Waals surface area contributed by atoms with Gasteiger partial charge in [0.05, 0.1) is 15.7 Å². The van der Waals surface area contributed by atoms with Crippen LogP contribution in [0.1, 0.15) is 119 Å². The summed E-state index contributed by atoms with van der Waals surface area (Å²) in [4.78, 5) is 27.0. The van der Waals surface area contributed by atoms with Crippen LogP contribution < -0.4 is 39.1 Å². The highest BCUT2D eigenvalue weighted by Gasteiger charge is 2.41. The van der Waals surface area contributed by atoms with E-state index < -0.39 is 82.1 Å². The smallest absolute Gasteiger partial charge is 0.490 e. The summed E-state index contributed by atoms with van der Waals surface area (Å²) >= 11 is 0. The van der Waals surface area contributed by atoms with Crippen LogP contribution >= 0.6 is 35.5 Å². The standard InChI is InChI=1S/C22H31F3N2O6S.C17H23F3N2O4S.C12H14F3NO2.C10H18ClNO4S.2ClH/c1-21(2,3)33-20(28)26-12-10-19(11-13-26)34(29,30)27-14-8-17(9-15-27)31-16-4-6-18(7-5-16)32-22(23,24)25;18-17(19,20)26-15-3-1-13(2-4-15)25-14-7-11-22(12-8-14)27(23,24)16-5-9-21-10-6-16;13-12(14,15)18-11-3-1-9(2-4-11)17-10-5-7-16-8-6-10;1-10(2,3)16-9(13)12-6-4-8(5-7-12)17(11,14)15;;/h4-7,17,19H,8-15H2,1-3H3;1-4,14,16,21H,5-12H2;1-4,10,16H,5-8H2;8H,4-7H2,1-3H3;2*1H. The number of carbonyl (C=O) groups excluding carboxylic acids is 2. The molecule has 22 nitrogen and oxygen atoms in total. The number of piperidine rings is 6. The maximum atomic E-state index is 13.1. The van der Waals surface area contributed by atoms with E-state index in [2.05, 4.69) is 24.8 Å². The average Bonchev–Trinajstić information content (AvgIpc) is 0.809. The molecule has 98 heavy (non-hydrogen) atoms. The topological polar surface area (TPSA) is 247 Å². The van der Waals surface area contributed by atoms with E-state index in [-0.39, 0.29) is 65.6 Å². The van der Waals surface area contributed by atoms with E-state index in [1.807, 2.05) is 0 Å². The zero-order chi connectivity index (χ0) is 70.9. The van der Waals surface area contributed by atoms with Gasteiger partial charge < -0.3 is 58.3 Å². The summed E-state index contributed by atoms with van der Waals surface area (Å²) in [5.74, 6) is 0.516. The van der Waals surface area contributed by atoms with Crippen LogP contribution in [0.3, 0.4) is 0 Å². The molecule has 0 atom stereocenters. The molecule has 0 bridgehead atoms. The largest absolute Gasteiger partial charge is 0.573 e. The number of hydrogen-bond donors (Lipinski definition) is 2. The van der Waals surface area contributed by atoms with Crippen LogP contribution in [-0.2, 0) is 38.6 Å². The lowest BCUT2D eigenvalue weighted by atomic mass is 10.1. The predicted molar refractivity (Wildman–Crippen MR) is 351 cm³/mol. The molecule has 6 heterocycles. The number of nitrogens with one attached hydrogen (secondary N) is 2. The summed E-state index contributed by atoms with van der Waals surface area (Å²) in [6.45, 7) is 16.8. The van der Waals surface area contributed by atoms with Gasteiger partial charge in [0.25, 0.3) is 0 Å². The molecule has 37 heteroatoms. The minimum Gasteiger partial charge on any atom is -0.490 e. The summed E-state index contributed by atoms with van der Waals surface area (Å²) in [5, 5.41) is 4.95. The van der Waals surface area contributed by atoms with E-state index in [1.165, 1.54) is 82.0 Å². The first-order chi connectivity index (χ1) is 44.6. The second kappa shape index (κ2) is 37.2. The molecule has 2 amide bonds. The van der Waals surface area contributed by atoms with Crippen molar-refractivity contribution in [3.8, 4) is 34.5 Å². The first kappa shape index (κ1) is 85.3. The number of amides is 2. The first-order valence-electron chi connectivity index (χ1n) is 31.5. The molecule has 6 aliphatic rings. The van der Waals surface area contributed by atoms with Crippen molar-refractivity contribution in [2.45, 2.75) is 183 Å². The number of benzene rings is 3. The molecular weight excluding hydrogens is 1450 g/mol. The molecule has 6 fully saturated rings. The molecule has 2 N–H and O–H groups in total. The van der Waals surface area contributed by atoms with E-state index in [4.69, 9.17) is 34.4 Å². The van der Waals surface area contributed by atoms with Crippen LogP contribution in [0, 0.1) is 0 Å². The number of halogens is 12. The lowest BCUT2D eigenvalue weighted by molar-refractivity contribution is -0.275. The fraction of sp³-hybridized carbons (Fsp3) is 0.672. The van der Waals surface area contributed by atoms with Gasteiger partial charge in [-0.3, -0.25) is 0 Å². The zero-order valence-electron chi connectivity index (χ0n) is 55.0. The molecule has 560 valence electrons. The van der Waals surface area contributed by atoms with Gasteiger partial charge in [0.2, 0.25) is 29.1 Å². The molecule has 0 aromatic heterocycles. The van der Waals surface area contributed by atoms with Gasteiger partial charge in [0, 0.05) is 63.0 Å². The van der Waals surface area contributed by atoms with Gasteiger partial charge in [-0.25, -0.2) is 43.5 Å². The maximum Gasteiger partial charge on any atom is 0.573 e. The molecule has 0 saturated carbocycles. The van der Waals surface area contributed by atoms with Gasteiger partial charge in [-0.1, -0.05) is 0 Å². The highest BCUT2D eigenvalue weighted by atomic mass is 35.7. The number of carbonyl (C=O) groups is 2. The van der Waals surface area contributed by atoms with Gasteiger partial charge >= 0.3 is 31.3 Å². The molecule has 0 unspecified atom stereocenters. The fourth-order valence-electron chi connectivity index (χ4n) is 10.9. The Kier molecular flexibility index (Phi) is 32.4. The summed E-state index contributed by atoms with van der Waals surface area (Å²) in [5.41, 5.74) is -1.14. The molecule has 0 aliphatic carbocycles. The number of sulfonamides is 2. The Labute approximate surface area is 583 Å². The zero-order valence-corrected chi connectivity index (χ0v) is 59.8. The third kappa shape index (κ3) is 30.2. The van der Waals surface area contributed by atoms with Gasteiger partial charge in [0.1, 0.15) is 64.0 Å². The highest BCUT2D eigenvalue weighted by Crippen LogP contribution is 2.33. The number of nitrogens with zero attached hydrogens (tertiary/aromatic N) is 4. The summed E-state index contributed by atoms with van der Waals surface area (Å²) in [6, 6.07) is 15.8. The quantitative estimate of drug-likeness (QED) is 0.112. The van der Waals surface area contributed by atoms with Crippen molar-refractivity contribution >= 4 is 76.8 Å². The van der Waals surface area contributed by atoms with Crippen LogP contribution in [0.2, 0.25) is 0 Å². The SMILES string of the molecule is CC(C)(C)OC(=O)N1CCC(S(=O)(=O)Cl)CC1.CC(C)(C)OC(=O)N1CCC(S(=O)(=O)N2CCC(Oc3ccc(OC(F)(F)F)cc3)CC2)CC1.Cl.Cl.FC(F)(F)Oc1ccc(OC2CCNCC2)cc1.O=S(=O)(C1CCNCC1)N1CCC(Oc2ccc(OC(F)(F)F)cc2)CC1. The van der Waals surface area contributed by atoms with Crippen molar-refractivity contribution in [2.75, 3.05) is 78.5 Å². The lowest BCUT2D eigenvalue weighted by Crippen LogP contribution is -2.50. The Balaban J connectivity index is 0.000000287. The Morgan fingerprint density at radius 1 is 0.388 bits per heavy atom. The highest BCUT2D eigenvalue weighted by molar-refractivity contribution is 8.14. The monoisotopic (exact) mass is 1530 g/mol. The second-order valence-electron chi connectivity index (χ2n) is 25.4. The average molecular weight is 1530 g/mol. The Morgan fingerprint density at radius 2 is 0.633 bits per heavy atom. The van der Waals surface area contributed by atoms with Gasteiger partial charge in [0.15, 0.2) is 0 Å². The molecule has 0 radical (unpaired) electrons. The molecule has 0 spiro atoms. The summed E-state index contributed by atoms with van der Waals surface area (Å²) in [7, 11) is -5.04. The van der Waals surface area contributed by atoms with E-state index in [0.717, 1.165) is 39.0 Å². The Hall–Kier alpha value is -5.07. The molecule has 6 aliphatic heterocycles. The normalized spacial score (nSPS) is 19.2. The van der Waals surface area contributed by atoms with E-state index in [0.29, 0.717) is 134 Å². The minimum absolute atomic E-state index is 0. The fourth-order valence-corrected chi connectivity index (χ4v) is 16.1. The van der Waals surface area contributed by atoms with E-state index in [9.17, 15) is 74.4 Å². The molecule has 6 saturated heterocycles. The van der Waals surface area contributed by atoms with Gasteiger partial charge in [-0.05, 0) is 218 Å². The van der Waals surface area contributed by atoms with Gasteiger partial charge in [-0.2, -0.15) is 0 Å². The number of ether oxygens (including phenoxy) is 8. The van der Waals surface area contributed by atoms with Crippen LogP contribution in [0.5, 0.6) is 34.5 Å². The first-order valence-corrected chi connectivity index (χ1v) is 36.8. The van der Waals surface area contributed by atoms with Crippen LogP contribution in [0.4, 0.5) is 49.1 Å². The van der Waals surface area contributed by atoms with Crippen molar-refractivity contribution in [1.82, 2.24) is 29.0 Å². The van der Waals surface area contributed by atoms with Crippen molar-refractivity contribution in [1.29, 1.82) is 0 Å². The van der Waals surface area contributed by atoms with E-state index in [1.54, 1.807) is 50.7 Å². The Bertz CT molecular complexity index is 3250. The maximum absolute atomic E-state index is 13.1. The number of rotatable bonds is 14. The number of likely N-dealkylation sites (tertiary alicyclic amines) is 2. The third-order valence-corrected chi connectivity index (χ3v) is 22.4. The number of alkyl halides is 9. The molecule has 9 rings (SSSR count). The minimum atomic E-state index is -4.76. The second-order valence-corrected chi connectivity index (χ2v) is 32.7. The predicted octanol–water partition coefficient (Wildman–Crippen LogP) is 12.2. The molecule has 3 aromatic carbocycles. The van der Waals surface area contributed by atoms with Crippen LogP contribution in [0.15, 0.2) is 72.8 Å². The molecular formula is C61H88Cl3F9N6O16S3. The summed E-state index contributed by atoms with van der Waals surface area (Å²) < 4.78 is 225. The van der Waals surface area contributed by atoms with Crippen molar-refractivity contribution in [2.24, 2.45) is 0 Å². The molecule has 3 aromatic rings. The van der Waals surface area contributed by atoms with Crippen molar-refractivity contribution < 1.29 is 112 Å². The third-order valence-electron chi connectivity index (χ3n) is 15.6. The van der Waals surface area contributed by atoms with E-state index >= 15 is 0 Å². The lowest BCUT2D eigenvalue weighted by Gasteiger charge is -2.37. The van der Waals surface area contributed by atoms with Crippen LogP contribution in [0.25, 0.3) is 0 Å².